The van der Waals surface area contributed by atoms with E-state index in [0.29, 0.717) is 36.8 Å². The topological polar surface area (TPSA) is 88.1 Å². The van der Waals surface area contributed by atoms with E-state index in [1.165, 1.54) is 17.0 Å². The van der Waals surface area contributed by atoms with Gasteiger partial charge in [-0.1, -0.05) is 23.7 Å². The monoisotopic (exact) mass is 546 g/mol. The highest BCUT2D eigenvalue weighted by molar-refractivity contribution is 6.30. The molecule has 0 radical (unpaired) electrons. The number of benzene rings is 1. The average molecular weight is 548 g/mol. The van der Waals surface area contributed by atoms with E-state index < -0.39 is 0 Å². The van der Waals surface area contributed by atoms with Gasteiger partial charge in [0.05, 0.1) is 18.4 Å². The van der Waals surface area contributed by atoms with Crippen LogP contribution < -0.4 is 5.32 Å². The Morgan fingerprint density at radius 1 is 1.19 bits per heavy atom. The summed E-state index contributed by atoms with van der Waals surface area (Å²) in [5.41, 5.74) is 4.10. The summed E-state index contributed by atoms with van der Waals surface area (Å²) in [6, 6.07) is 12.8. The summed E-state index contributed by atoms with van der Waals surface area (Å²) in [4.78, 5) is 15.0. The molecule has 1 aliphatic heterocycles. The molecular formula is C27H36Cl2N6O2. The number of aryl methyl sites for hydroxylation is 2. The third-order valence-corrected chi connectivity index (χ3v) is 7.98. The van der Waals surface area contributed by atoms with Crippen molar-refractivity contribution >= 4 is 29.9 Å². The van der Waals surface area contributed by atoms with Crippen LogP contribution in [0.2, 0.25) is 5.02 Å². The number of ether oxygens (including phenoxy) is 1. The molecule has 0 unspecified atom stereocenters. The van der Waals surface area contributed by atoms with Crippen LogP contribution >= 0.6 is 24.0 Å². The van der Waals surface area contributed by atoms with Gasteiger partial charge in [-0.25, -0.2) is 0 Å². The summed E-state index contributed by atoms with van der Waals surface area (Å²) in [5.74, 6) is 0.349. The first kappa shape index (κ1) is 27.6. The lowest BCUT2D eigenvalue weighted by Crippen LogP contribution is -2.57. The van der Waals surface area contributed by atoms with Gasteiger partial charge in [0.1, 0.15) is 5.69 Å². The molecule has 2 aliphatic rings. The van der Waals surface area contributed by atoms with Gasteiger partial charge in [-0.2, -0.15) is 10.2 Å². The number of amides is 1. The fourth-order valence-corrected chi connectivity index (χ4v) is 5.72. The van der Waals surface area contributed by atoms with Crippen molar-refractivity contribution in [2.24, 2.45) is 7.05 Å². The Hall–Kier alpha value is -2.39. The van der Waals surface area contributed by atoms with Crippen LogP contribution in [0.25, 0.3) is 0 Å². The highest BCUT2D eigenvalue weighted by atomic mass is 35.5. The number of halogens is 2. The quantitative estimate of drug-likeness (QED) is 0.461. The van der Waals surface area contributed by atoms with Crippen molar-refractivity contribution in [1.82, 2.24) is 30.2 Å². The number of nitrogens with one attached hydrogen (secondary N) is 2. The normalized spacial score (nSPS) is 24.4. The van der Waals surface area contributed by atoms with E-state index >= 15 is 0 Å². The molecule has 2 fully saturated rings. The van der Waals surface area contributed by atoms with Crippen LogP contribution in [0.15, 0.2) is 42.6 Å². The highest BCUT2D eigenvalue weighted by Gasteiger charge is 2.36. The third kappa shape index (κ3) is 6.74. The highest BCUT2D eigenvalue weighted by Crippen LogP contribution is 2.36. The van der Waals surface area contributed by atoms with Crippen LogP contribution in [0.4, 0.5) is 0 Å². The molecule has 1 saturated carbocycles. The van der Waals surface area contributed by atoms with Crippen LogP contribution in [-0.2, 0) is 18.2 Å². The molecule has 10 heteroatoms. The van der Waals surface area contributed by atoms with Crippen molar-refractivity contribution in [3.05, 3.63) is 70.3 Å². The summed E-state index contributed by atoms with van der Waals surface area (Å²) in [6.07, 6.45) is 7.10. The largest absolute Gasteiger partial charge is 0.373 e. The molecule has 37 heavy (non-hydrogen) atoms. The molecule has 1 aliphatic carbocycles. The molecule has 2 atom stereocenters. The van der Waals surface area contributed by atoms with Gasteiger partial charge in [0, 0.05) is 55.1 Å². The summed E-state index contributed by atoms with van der Waals surface area (Å²) >= 11 is 6.11. The Bertz CT molecular complexity index is 1120. The van der Waals surface area contributed by atoms with E-state index in [1.807, 2.05) is 23.9 Å². The Morgan fingerprint density at radius 3 is 2.59 bits per heavy atom. The second kappa shape index (κ2) is 12.4. The van der Waals surface area contributed by atoms with Crippen molar-refractivity contribution < 1.29 is 9.53 Å². The number of H-pyrrole nitrogens is 1. The molecule has 8 nitrogen and oxygen atoms in total. The molecular weight excluding hydrogens is 511 g/mol. The second-order valence-electron chi connectivity index (χ2n) is 10.1. The van der Waals surface area contributed by atoms with Crippen molar-refractivity contribution in [1.29, 1.82) is 0 Å². The lowest BCUT2D eigenvalue weighted by atomic mass is 9.82. The number of morpholine rings is 1. The summed E-state index contributed by atoms with van der Waals surface area (Å²) in [6.45, 7) is 4.03. The first-order chi connectivity index (χ1) is 17.5. The maximum absolute atomic E-state index is 12.4. The minimum atomic E-state index is -0.180. The molecule has 1 saturated heterocycles. The third-order valence-electron chi connectivity index (χ3n) is 7.73. The summed E-state index contributed by atoms with van der Waals surface area (Å²) < 4.78 is 8.24. The van der Waals surface area contributed by atoms with Crippen LogP contribution in [0.5, 0.6) is 0 Å². The van der Waals surface area contributed by atoms with Crippen molar-refractivity contribution in [2.75, 3.05) is 19.7 Å². The Balaban J connectivity index is 0.00000320. The first-order valence-corrected chi connectivity index (χ1v) is 13.2. The summed E-state index contributed by atoms with van der Waals surface area (Å²) in [5, 5.41) is 15.1. The Kier molecular flexibility index (Phi) is 9.29. The predicted molar refractivity (Wildman–Crippen MR) is 147 cm³/mol. The van der Waals surface area contributed by atoms with Crippen molar-refractivity contribution in [3.63, 3.8) is 0 Å². The Morgan fingerprint density at radius 2 is 1.95 bits per heavy atom. The van der Waals surface area contributed by atoms with Gasteiger partial charge in [-0.15, -0.1) is 12.4 Å². The van der Waals surface area contributed by atoms with Crippen molar-refractivity contribution in [2.45, 2.75) is 63.1 Å². The van der Waals surface area contributed by atoms with Crippen LogP contribution in [0.1, 0.15) is 59.0 Å². The smallest absolute Gasteiger partial charge is 0.271 e. The number of aromatic nitrogens is 4. The van der Waals surface area contributed by atoms with Crippen LogP contribution in [0.3, 0.4) is 0 Å². The zero-order valence-corrected chi connectivity index (χ0v) is 23.0. The standard InChI is InChI=1S/C27H35ClN6O2.ClH/c1-18-13-26(32-33(18)2)20-5-9-22(10-6-20)34-16-24(15-29-27(35)25-11-12-30-31-25)36-17-23(34)14-19-3-7-21(28)8-4-19;/h3-4,7-8,11-13,20,22-24H,5-6,9-10,14-17H2,1-2H3,(H,29,35)(H,30,31);1H/t20?,22?,23-,24-;/m0./s1. The molecule has 5 rings (SSSR count). The lowest BCUT2D eigenvalue weighted by Gasteiger charge is -2.46. The Labute approximate surface area is 229 Å². The predicted octanol–water partition coefficient (Wildman–Crippen LogP) is 4.30. The van der Waals surface area contributed by atoms with Gasteiger partial charge in [0.25, 0.3) is 5.91 Å². The molecule has 1 amide bonds. The number of nitrogens with zero attached hydrogens (tertiary/aromatic N) is 4. The number of carbonyl (C=O) groups excluding carboxylic acids is 1. The van der Waals surface area contributed by atoms with Gasteiger partial charge in [-0.3, -0.25) is 19.5 Å². The van der Waals surface area contributed by atoms with Gasteiger partial charge in [0.2, 0.25) is 0 Å². The lowest BCUT2D eigenvalue weighted by molar-refractivity contribution is -0.0822. The number of carbonyl (C=O) groups is 1. The van der Waals surface area contributed by atoms with Crippen molar-refractivity contribution in [3.8, 4) is 0 Å². The minimum Gasteiger partial charge on any atom is -0.373 e. The van der Waals surface area contributed by atoms with Crippen LogP contribution in [-0.4, -0.2) is 68.7 Å². The van der Waals surface area contributed by atoms with E-state index in [2.05, 4.69) is 45.5 Å². The molecule has 2 aromatic heterocycles. The molecule has 0 spiro atoms. The number of hydrogen-bond donors (Lipinski definition) is 2. The fourth-order valence-electron chi connectivity index (χ4n) is 5.59. The maximum Gasteiger partial charge on any atom is 0.271 e. The zero-order valence-electron chi connectivity index (χ0n) is 21.4. The fraction of sp³-hybridized carbons (Fsp3) is 0.519. The molecule has 3 aromatic rings. The van der Waals surface area contributed by atoms with Gasteiger partial charge < -0.3 is 10.1 Å². The van der Waals surface area contributed by atoms with E-state index in [0.717, 1.165) is 43.7 Å². The molecule has 2 N–H and O–H groups in total. The number of rotatable bonds is 7. The second-order valence-corrected chi connectivity index (χ2v) is 10.6. The first-order valence-electron chi connectivity index (χ1n) is 12.9. The number of aromatic amines is 1. The summed E-state index contributed by atoms with van der Waals surface area (Å²) in [7, 11) is 2.02. The van der Waals surface area contributed by atoms with Crippen LogP contribution in [0, 0.1) is 6.92 Å². The van der Waals surface area contributed by atoms with E-state index in [-0.39, 0.29) is 24.4 Å². The molecule has 1 aromatic carbocycles. The SMILES string of the molecule is Cc1cc(C2CCC(N3C[C@H](CNC(=O)c4cc[nH]n4)OC[C@@H]3Cc3ccc(Cl)cc3)CC2)nn1C.Cl. The molecule has 0 bridgehead atoms. The van der Waals surface area contributed by atoms with Gasteiger partial charge in [0.15, 0.2) is 0 Å². The van der Waals surface area contributed by atoms with E-state index in [9.17, 15) is 4.79 Å². The van der Waals surface area contributed by atoms with Gasteiger partial charge in [-0.05, 0) is 68.9 Å². The zero-order chi connectivity index (χ0) is 25.1. The minimum absolute atomic E-state index is 0. The molecule has 3 heterocycles. The van der Waals surface area contributed by atoms with E-state index in [4.69, 9.17) is 21.4 Å². The molecule has 200 valence electrons. The number of hydrogen-bond acceptors (Lipinski definition) is 5. The van der Waals surface area contributed by atoms with Gasteiger partial charge >= 0.3 is 0 Å². The average Bonchev–Trinajstić information content (AvgIpc) is 3.55. The maximum atomic E-state index is 12.4. The van der Waals surface area contributed by atoms with E-state index in [1.54, 1.807) is 12.3 Å².